The molecule has 0 unspecified atom stereocenters. The molecule has 0 radical (unpaired) electrons. The van der Waals surface area contributed by atoms with Crippen LogP contribution in [0.25, 0.3) is 11.0 Å². The Morgan fingerprint density at radius 3 is 2.61 bits per heavy atom. The van der Waals surface area contributed by atoms with Crippen LogP contribution in [0, 0.1) is 5.82 Å². The summed E-state index contributed by atoms with van der Waals surface area (Å²) in [6, 6.07) is 13.2. The van der Waals surface area contributed by atoms with Crippen molar-refractivity contribution in [2.24, 2.45) is 0 Å². The Morgan fingerprint density at radius 1 is 1.10 bits per heavy atom. The summed E-state index contributed by atoms with van der Waals surface area (Å²) in [5.74, 6) is 0.898. The highest BCUT2D eigenvalue weighted by Gasteiger charge is 2.11. The number of nitrogens with zero attached hydrogens (tertiary/aromatic N) is 4. The number of anilines is 1. The summed E-state index contributed by atoms with van der Waals surface area (Å²) in [4.78, 5) is 20.9. The summed E-state index contributed by atoms with van der Waals surface area (Å²) >= 11 is 0. The first-order valence-corrected chi connectivity index (χ1v) is 9.71. The maximum Gasteiger partial charge on any atom is 0.251 e. The summed E-state index contributed by atoms with van der Waals surface area (Å²) in [6.07, 6.45) is 3.15. The second-order valence-electron chi connectivity index (χ2n) is 6.79. The summed E-state index contributed by atoms with van der Waals surface area (Å²) in [5, 5.41) is 11.3. The van der Waals surface area contributed by atoms with Crippen molar-refractivity contribution in [2.75, 3.05) is 19.0 Å². The summed E-state index contributed by atoms with van der Waals surface area (Å²) in [6.45, 7) is 1.35. The number of carbonyl (C=O) groups excluding carboxylic acids is 1. The largest absolute Gasteiger partial charge is 0.497 e. The maximum absolute atomic E-state index is 13.1. The minimum absolute atomic E-state index is 0.171. The predicted octanol–water partition coefficient (Wildman–Crippen LogP) is 3.02. The van der Waals surface area contributed by atoms with Crippen molar-refractivity contribution >= 4 is 22.8 Å². The lowest BCUT2D eigenvalue weighted by Crippen LogP contribution is -2.27. The van der Waals surface area contributed by atoms with E-state index in [4.69, 9.17) is 4.74 Å². The Balaban J connectivity index is 1.38. The number of hydrogen-bond acceptors (Lipinski definition) is 6. The fourth-order valence-electron chi connectivity index (χ4n) is 3.11. The number of nitrogens with one attached hydrogen (secondary N) is 2. The van der Waals surface area contributed by atoms with Gasteiger partial charge in [0.2, 0.25) is 0 Å². The van der Waals surface area contributed by atoms with Crippen LogP contribution in [-0.4, -0.2) is 39.3 Å². The molecule has 0 saturated carbocycles. The average Bonchev–Trinajstić information content (AvgIpc) is 3.22. The smallest absolute Gasteiger partial charge is 0.251 e. The molecule has 0 spiro atoms. The van der Waals surface area contributed by atoms with Gasteiger partial charge in [-0.3, -0.25) is 4.79 Å². The highest BCUT2D eigenvalue weighted by molar-refractivity contribution is 5.94. The maximum atomic E-state index is 13.1. The van der Waals surface area contributed by atoms with Crippen LogP contribution in [0.4, 0.5) is 10.2 Å². The van der Waals surface area contributed by atoms with Gasteiger partial charge < -0.3 is 15.4 Å². The van der Waals surface area contributed by atoms with Gasteiger partial charge in [0.05, 0.1) is 25.2 Å². The predicted molar refractivity (Wildman–Crippen MR) is 114 cm³/mol. The molecular weight excluding hydrogens is 399 g/mol. The van der Waals surface area contributed by atoms with Crippen LogP contribution in [0.1, 0.15) is 15.9 Å². The normalized spacial score (nSPS) is 10.8. The van der Waals surface area contributed by atoms with E-state index in [-0.39, 0.29) is 11.7 Å². The number of carbonyl (C=O) groups is 1. The van der Waals surface area contributed by atoms with E-state index in [1.807, 2.05) is 0 Å². The number of benzene rings is 2. The van der Waals surface area contributed by atoms with E-state index in [9.17, 15) is 9.18 Å². The number of fused-ring (bicyclic) bond motifs is 1. The Hall–Kier alpha value is -4.01. The first kappa shape index (κ1) is 20.3. The van der Waals surface area contributed by atoms with Gasteiger partial charge in [0.25, 0.3) is 5.91 Å². The van der Waals surface area contributed by atoms with Crippen LogP contribution in [0.2, 0.25) is 0 Å². The molecule has 0 aliphatic carbocycles. The van der Waals surface area contributed by atoms with Crippen molar-refractivity contribution in [2.45, 2.75) is 13.1 Å². The van der Waals surface area contributed by atoms with Crippen molar-refractivity contribution in [1.82, 2.24) is 25.1 Å². The highest BCUT2D eigenvalue weighted by Crippen LogP contribution is 2.19. The van der Waals surface area contributed by atoms with Gasteiger partial charge in [-0.05, 0) is 42.0 Å². The van der Waals surface area contributed by atoms with Crippen molar-refractivity contribution in [3.05, 3.63) is 78.0 Å². The number of amides is 1. The number of ether oxygens (including phenoxy) is 1. The van der Waals surface area contributed by atoms with E-state index in [0.29, 0.717) is 42.4 Å². The lowest BCUT2D eigenvalue weighted by Gasteiger charge is -2.08. The van der Waals surface area contributed by atoms with Gasteiger partial charge in [-0.2, -0.15) is 5.10 Å². The van der Waals surface area contributed by atoms with Gasteiger partial charge in [0.1, 0.15) is 23.7 Å². The SMILES string of the molecule is COc1ccc(C(=O)NCCn2ncc3c(NCc4ccc(F)cc4)ncnc32)cc1. The van der Waals surface area contributed by atoms with Gasteiger partial charge in [0.15, 0.2) is 5.65 Å². The fourth-order valence-corrected chi connectivity index (χ4v) is 3.11. The lowest BCUT2D eigenvalue weighted by atomic mass is 10.2. The zero-order chi connectivity index (χ0) is 21.6. The van der Waals surface area contributed by atoms with Gasteiger partial charge >= 0.3 is 0 Å². The topological polar surface area (TPSA) is 94.0 Å². The van der Waals surface area contributed by atoms with Crippen molar-refractivity contribution in [3.8, 4) is 5.75 Å². The zero-order valence-corrected chi connectivity index (χ0v) is 16.9. The average molecular weight is 420 g/mol. The van der Waals surface area contributed by atoms with E-state index in [2.05, 4.69) is 25.7 Å². The number of halogens is 1. The number of aromatic nitrogens is 4. The Bertz CT molecular complexity index is 1180. The van der Waals surface area contributed by atoms with E-state index >= 15 is 0 Å². The van der Waals surface area contributed by atoms with Crippen LogP contribution in [0.3, 0.4) is 0 Å². The van der Waals surface area contributed by atoms with Crippen LogP contribution in [0.15, 0.2) is 61.1 Å². The molecule has 0 aliphatic rings. The molecule has 9 heteroatoms. The molecule has 0 aliphatic heterocycles. The minimum atomic E-state index is -0.270. The fraction of sp³-hybridized carbons (Fsp3) is 0.182. The van der Waals surface area contributed by atoms with Crippen LogP contribution < -0.4 is 15.4 Å². The van der Waals surface area contributed by atoms with Crippen LogP contribution in [-0.2, 0) is 13.1 Å². The van der Waals surface area contributed by atoms with Crippen molar-refractivity contribution in [1.29, 1.82) is 0 Å². The molecule has 1 amide bonds. The van der Waals surface area contributed by atoms with Gasteiger partial charge in [0, 0.05) is 18.7 Å². The van der Waals surface area contributed by atoms with Gasteiger partial charge in [-0.1, -0.05) is 12.1 Å². The van der Waals surface area contributed by atoms with E-state index in [1.54, 1.807) is 54.4 Å². The monoisotopic (exact) mass is 420 g/mol. The third-order valence-electron chi connectivity index (χ3n) is 4.77. The van der Waals surface area contributed by atoms with Gasteiger partial charge in [-0.15, -0.1) is 0 Å². The Morgan fingerprint density at radius 2 is 1.87 bits per heavy atom. The van der Waals surface area contributed by atoms with E-state index in [1.165, 1.54) is 18.5 Å². The first-order chi connectivity index (χ1) is 15.1. The molecule has 4 aromatic rings. The van der Waals surface area contributed by atoms with Crippen molar-refractivity contribution < 1.29 is 13.9 Å². The lowest BCUT2D eigenvalue weighted by molar-refractivity contribution is 0.0952. The molecule has 2 aromatic carbocycles. The summed E-state index contributed by atoms with van der Waals surface area (Å²) in [7, 11) is 1.58. The Kier molecular flexibility index (Phi) is 6.02. The van der Waals surface area contributed by atoms with Crippen LogP contribution >= 0.6 is 0 Å². The number of methoxy groups -OCH3 is 1. The second kappa shape index (κ2) is 9.21. The van der Waals surface area contributed by atoms with E-state index in [0.717, 1.165) is 10.9 Å². The zero-order valence-electron chi connectivity index (χ0n) is 16.9. The summed E-state index contributed by atoms with van der Waals surface area (Å²) < 4.78 is 19.9. The third-order valence-corrected chi connectivity index (χ3v) is 4.77. The van der Waals surface area contributed by atoms with Gasteiger partial charge in [-0.25, -0.2) is 19.0 Å². The number of rotatable bonds is 8. The molecule has 2 aromatic heterocycles. The molecule has 2 N–H and O–H groups in total. The molecule has 0 fully saturated rings. The van der Waals surface area contributed by atoms with Crippen molar-refractivity contribution in [3.63, 3.8) is 0 Å². The van der Waals surface area contributed by atoms with E-state index < -0.39 is 0 Å². The quantitative estimate of drug-likeness (QED) is 0.455. The third kappa shape index (κ3) is 4.77. The molecule has 158 valence electrons. The molecule has 2 heterocycles. The standard InChI is InChI=1S/C22H21FN6O2/c1-31-18-8-4-16(5-9-18)22(30)24-10-11-29-21-19(13-28-29)20(26-14-27-21)25-12-15-2-6-17(23)7-3-15/h2-9,13-14H,10-12H2,1H3,(H,24,30)(H,25,26,27). The van der Waals surface area contributed by atoms with Crippen LogP contribution in [0.5, 0.6) is 5.75 Å². The Labute approximate surface area is 178 Å². The molecule has 0 bridgehead atoms. The highest BCUT2D eigenvalue weighted by atomic mass is 19.1. The molecule has 31 heavy (non-hydrogen) atoms. The first-order valence-electron chi connectivity index (χ1n) is 9.71. The molecule has 4 rings (SSSR count). The molecule has 0 saturated heterocycles. The summed E-state index contributed by atoms with van der Waals surface area (Å²) in [5.41, 5.74) is 2.15. The number of hydrogen-bond donors (Lipinski definition) is 2. The second-order valence-corrected chi connectivity index (χ2v) is 6.79. The molecular formula is C22H21FN6O2. The minimum Gasteiger partial charge on any atom is -0.497 e. The molecule has 8 nitrogen and oxygen atoms in total. The molecule has 0 atom stereocenters.